The van der Waals surface area contributed by atoms with E-state index in [4.69, 9.17) is 4.42 Å². The van der Waals surface area contributed by atoms with Crippen LogP contribution in [0.1, 0.15) is 37.5 Å². The first-order chi connectivity index (χ1) is 9.70. The van der Waals surface area contributed by atoms with E-state index in [0.717, 1.165) is 17.7 Å². The van der Waals surface area contributed by atoms with E-state index in [2.05, 4.69) is 25.2 Å². The van der Waals surface area contributed by atoms with Crippen molar-refractivity contribution >= 4 is 17.7 Å². The van der Waals surface area contributed by atoms with E-state index in [-0.39, 0.29) is 5.91 Å². The highest BCUT2D eigenvalue weighted by Crippen LogP contribution is 2.26. The molecule has 1 unspecified atom stereocenters. The van der Waals surface area contributed by atoms with Gasteiger partial charge in [0, 0.05) is 11.8 Å². The average Bonchev–Trinajstić information content (AvgIpc) is 2.98. The van der Waals surface area contributed by atoms with Gasteiger partial charge < -0.3 is 9.73 Å². The van der Waals surface area contributed by atoms with Crippen molar-refractivity contribution in [2.75, 3.05) is 5.32 Å². The SMILES string of the molecule is CCC(C)c1ccccc1NC(=O)C=Cc1ccco1. The largest absolute Gasteiger partial charge is 0.465 e. The van der Waals surface area contributed by atoms with Gasteiger partial charge in [0.1, 0.15) is 5.76 Å². The molecule has 104 valence electrons. The van der Waals surface area contributed by atoms with Crippen LogP contribution in [0.2, 0.25) is 0 Å². The van der Waals surface area contributed by atoms with Crippen molar-refractivity contribution < 1.29 is 9.21 Å². The quantitative estimate of drug-likeness (QED) is 0.815. The van der Waals surface area contributed by atoms with Crippen LogP contribution in [-0.2, 0) is 4.79 Å². The van der Waals surface area contributed by atoms with E-state index in [0.29, 0.717) is 11.7 Å². The lowest BCUT2D eigenvalue weighted by Crippen LogP contribution is -2.10. The van der Waals surface area contributed by atoms with E-state index in [1.165, 1.54) is 6.08 Å². The van der Waals surface area contributed by atoms with Gasteiger partial charge in [0.05, 0.1) is 6.26 Å². The molecule has 0 radical (unpaired) electrons. The number of furan rings is 1. The number of rotatable bonds is 5. The second-order valence-corrected chi connectivity index (χ2v) is 4.73. The van der Waals surface area contributed by atoms with Crippen molar-refractivity contribution in [2.24, 2.45) is 0 Å². The van der Waals surface area contributed by atoms with E-state index < -0.39 is 0 Å². The lowest BCUT2D eigenvalue weighted by atomic mass is 9.97. The molecule has 0 aliphatic heterocycles. The van der Waals surface area contributed by atoms with Crippen LogP contribution >= 0.6 is 0 Å². The zero-order valence-corrected chi connectivity index (χ0v) is 11.8. The second kappa shape index (κ2) is 6.75. The summed E-state index contributed by atoms with van der Waals surface area (Å²) >= 11 is 0. The van der Waals surface area contributed by atoms with Crippen LogP contribution in [0, 0.1) is 0 Å². The first-order valence-corrected chi connectivity index (χ1v) is 6.82. The van der Waals surface area contributed by atoms with Crippen molar-refractivity contribution in [2.45, 2.75) is 26.2 Å². The smallest absolute Gasteiger partial charge is 0.248 e. The number of carbonyl (C=O) groups is 1. The Morgan fingerprint density at radius 2 is 2.10 bits per heavy atom. The molecule has 2 rings (SSSR count). The van der Waals surface area contributed by atoms with Crippen molar-refractivity contribution in [1.29, 1.82) is 0 Å². The number of anilines is 1. The van der Waals surface area contributed by atoms with Crippen LogP contribution in [0.25, 0.3) is 6.08 Å². The van der Waals surface area contributed by atoms with Gasteiger partial charge >= 0.3 is 0 Å². The van der Waals surface area contributed by atoms with Crippen LogP contribution in [-0.4, -0.2) is 5.91 Å². The Bertz CT molecular complexity index is 585. The standard InChI is InChI=1S/C17H19NO2/c1-3-13(2)15-8-4-5-9-16(15)18-17(19)11-10-14-7-6-12-20-14/h4-13H,3H2,1-2H3,(H,18,19). The van der Waals surface area contributed by atoms with Crippen LogP contribution < -0.4 is 5.32 Å². The third kappa shape index (κ3) is 3.60. The Labute approximate surface area is 119 Å². The highest BCUT2D eigenvalue weighted by Gasteiger charge is 2.09. The number of hydrogen-bond donors (Lipinski definition) is 1. The highest BCUT2D eigenvalue weighted by molar-refractivity contribution is 6.02. The minimum absolute atomic E-state index is 0.155. The van der Waals surface area contributed by atoms with E-state index >= 15 is 0 Å². The number of nitrogens with one attached hydrogen (secondary N) is 1. The Morgan fingerprint density at radius 3 is 2.80 bits per heavy atom. The molecule has 1 heterocycles. The molecule has 0 spiro atoms. The molecular weight excluding hydrogens is 250 g/mol. The zero-order valence-electron chi connectivity index (χ0n) is 11.8. The van der Waals surface area contributed by atoms with Crippen LogP contribution in [0.4, 0.5) is 5.69 Å². The Balaban J connectivity index is 2.08. The maximum absolute atomic E-state index is 11.9. The van der Waals surface area contributed by atoms with Crippen molar-refractivity contribution in [3.8, 4) is 0 Å². The van der Waals surface area contributed by atoms with Crippen molar-refractivity contribution in [3.05, 3.63) is 60.1 Å². The topological polar surface area (TPSA) is 42.2 Å². The molecule has 3 heteroatoms. The van der Waals surface area contributed by atoms with Crippen LogP contribution in [0.3, 0.4) is 0 Å². The normalized spacial score (nSPS) is 12.5. The summed E-state index contributed by atoms with van der Waals surface area (Å²) in [7, 11) is 0. The molecule has 0 bridgehead atoms. The molecule has 1 aromatic carbocycles. The molecule has 1 N–H and O–H groups in total. The number of hydrogen-bond acceptors (Lipinski definition) is 2. The third-order valence-corrected chi connectivity index (χ3v) is 3.30. The minimum atomic E-state index is -0.155. The average molecular weight is 269 g/mol. The molecule has 1 atom stereocenters. The van der Waals surface area contributed by atoms with Gasteiger partial charge in [-0.2, -0.15) is 0 Å². The fraction of sp³-hybridized carbons (Fsp3) is 0.235. The van der Waals surface area contributed by atoms with Crippen molar-refractivity contribution in [3.63, 3.8) is 0 Å². The van der Waals surface area contributed by atoms with Gasteiger partial charge in [-0.15, -0.1) is 0 Å². The molecule has 3 nitrogen and oxygen atoms in total. The first kappa shape index (κ1) is 14.1. The van der Waals surface area contributed by atoms with Gasteiger partial charge in [0.15, 0.2) is 0 Å². The molecule has 0 fully saturated rings. The summed E-state index contributed by atoms with van der Waals surface area (Å²) < 4.78 is 5.15. The Morgan fingerprint density at radius 1 is 1.30 bits per heavy atom. The zero-order chi connectivity index (χ0) is 14.4. The van der Waals surface area contributed by atoms with Gasteiger partial charge in [0.2, 0.25) is 5.91 Å². The minimum Gasteiger partial charge on any atom is -0.465 e. The van der Waals surface area contributed by atoms with Crippen LogP contribution in [0.15, 0.2) is 53.2 Å². The molecule has 0 aliphatic carbocycles. The molecular formula is C17H19NO2. The van der Waals surface area contributed by atoms with E-state index in [9.17, 15) is 4.79 Å². The number of benzene rings is 1. The molecule has 1 aromatic heterocycles. The summed E-state index contributed by atoms with van der Waals surface area (Å²) in [6.45, 7) is 4.30. The number of carbonyl (C=O) groups excluding carboxylic acids is 1. The maximum Gasteiger partial charge on any atom is 0.248 e. The first-order valence-electron chi connectivity index (χ1n) is 6.82. The second-order valence-electron chi connectivity index (χ2n) is 4.73. The molecule has 2 aromatic rings. The summed E-state index contributed by atoms with van der Waals surface area (Å²) in [5.41, 5.74) is 2.03. The van der Waals surface area contributed by atoms with Crippen LogP contribution in [0.5, 0.6) is 0 Å². The Hall–Kier alpha value is -2.29. The fourth-order valence-electron chi connectivity index (χ4n) is 1.98. The van der Waals surface area contributed by atoms with E-state index in [1.807, 2.05) is 18.2 Å². The monoisotopic (exact) mass is 269 g/mol. The summed E-state index contributed by atoms with van der Waals surface area (Å²) in [5, 5.41) is 2.92. The van der Waals surface area contributed by atoms with Gasteiger partial charge in [-0.3, -0.25) is 4.79 Å². The molecule has 20 heavy (non-hydrogen) atoms. The Kier molecular flexibility index (Phi) is 4.77. The number of para-hydroxylation sites is 1. The highest BCUT2D eigenvalue weighted by atomic mass is 16.3. The van der Waals surface area contributed by atoms with Gasteiger partial charge in [-0.1, -0.05) is 32.0 Å². The summed E-state index contributed by atoms with van der Waals surface area (Å²) in [4.78, 5) is 11.9. The summed E-state index contributed by atoms with van der Waals surface area (Å²) in [6.07, 6.45) is 5.75. The van der Waals surface area contributed by atoms with E-state index in [1.54, 1.807) is 24.5 Å². The van der Waals surface area contributed by atoms with Crippen molar-refractivity contribution in [1.82, 2.24) is 0 Å². The fourth-order valence-corrected chi connectivity index (χ4v) is 1.98. The molecule has 0 saturated carbocycles. The predicted molar refractivity (Wildman–Crippen MR) is 81.5 cm³/mol. The third-order valence-electron chi connectivity index (χ3n) is 3.30. The molecule has 1 amide bonds. The van der Waals surface area contributed by atoms with Gasteiger partial charge in [-0.25, -0.2) is 0 Å². The molecule has 0 saturated heterocycles. The summed E-state index contributed by atoms with van der Waals surface area (Å²) in [5.74, 6) is 0.924. The molecule has 0 aliphatic rings. The lowest BCUT2D eigenvalue weighted by molar-refractivity contribution is -0.111. The summed E-state index contributed by atoms with van der Waals surface area (Å²) in [6, 6.07) is 11.5. The number of amides is 1. The lowest BCUT2D eigenvalue weighted by Gasteiger charge is -2.14. The van der Waals surface area contributed by atoms with Gasteiger partial charge in [-0.05, 0) is 42.2 Å². The predicted octanol–water partition coefficient (Wildman–Crippen LogP) is 4.45. The maximum atomic E-state index is 11.9. The van der Waals surface area contributed by atoms with Gasteiger partial charge in [0.25, 0.3) is 0 Å².